The number of Topliss-reactive ketones (excluding diaryl/α,β-unsaturated/α-hetero) is 1. The Hall–Kier alpha value is -2.41. The molecule has 4 heterocycles. The lowest BCUT2D eigenvalue weighted by molar-refractivity contribution is -0.139. The molecule has 5 rings (SSSR count). The molecular weight excluding hydrogens is 368 g/mol. The Balaban J connectivity index is 1.20. The second-order valence-electron chi connectivity index (χ2n) is 8.72. The van der Waals surface area contributed by atoms with Crippen molar-refractivity contribution in [3.63, 3.8) is 0 Å². The molecule has 154 valence electrons. The molecule has 0 aliphatic carbocycles. The van der Waals surface area contributed by atoms with E-state index in [-0.39, 0.29) is 30.4 Å². The number of aryl methyl sites for hydroxylation is 1. The van der Waals surface area contributed by atoms with Crippen molar-refractivity contribution in [2.75, 3.05) is 32.8 Å². The van der Waals surface area contributed by atoms with Gasteiger partial charge in [0.1, 0.15) is 6.61 Å². The van der Waals surface area contributed by atoms with Crippen LogP contribution >= 0.6 is 0 Å². The third kappa shape index (κ3) is 3.52. The van der Waals surface area contributed by atoms with Crippen LogP contribution in [0.25, 0.3) is 10.9 Å². The normalized spacial score (nSPS) is 26.0. The second-order valence-corrected chi connectivity index (χ2v) is 8.72. The molecule has 3 aliphatic heterocycles. The maximum atomic E-state index is 13.0. The van der Waals surface area contributed by atoms with Crippen LogP contribution in [0.1, 0.15) is 37.2 Å². The molecule has 3 saturated heterocycles. The summed E-state index contributed by atoms with van der Waals surface area (Å²) in [6.07, 6.45) is 5.42. The Bertz CT molecular complexity index is 931. The highest BCUT2D eigenvalue weighted by Gasteiger charge is 2.38. The number of benzene rings is 1. The van der Waals surface area contributed by atoms with E-state index in [0.29, 0.717) is 18.9 Å². The molecule has 0 N–H and O–H groups in total. The van der Waals surface area contributed by atoms with Crippen molar-refractivity contribution in [1.29, 1.82) is 0 Å². The van der Waals surface area contributed by atoms with Crippen molar-refractivity contribution in [1.82, 2.24) is 19.6 Å². The number of amides is 2. The van der Waals surface area contributed by atoms with Gasteiger partial charge in [0.15, 0.2) is 5.78 Å². The van der Waals surface area contributed by atoms with Crippen molar-refractivity contribution >= 4 is 22.7 Å². The highest BCUT2D eigenvalue weighted by atomic mass is 16.5. The molecule has 29 heavy (non-hydrogen) atoms. The monoisotopic (exact) mass is 396 g/mol. The van der Waals surface area contributed by atoms with Gasteiger partial charge in [-0.2, -0.15) is 5.10 Å². The smallest absolute Gasteiger partial charge is 0.320 e. The lowest BCUT2D eigenvalue weighted by Crippen LogP contribution is -2.54. The molecule has 7 nitrogen and oxygen atoms in total. The number of likely N-dealkylation sites (tertiary alicyclic amines) is 2. The third-order valence-electron chi connectivity index (χ3n) is 6.89. The summed E-state index contributed by atoms with van der Waals surface area (Å²) in [7, 11) is 1.96. The SMILES string of the molecule is Cn1ncc2cc(C3CCN(C(=O)N4CC[C@@H]5OCC(=O)C[C@@H]5C4)CC3)ccc21. The maximum Gasteiger partial charge on any atom is 0.320 e. The van der Waals surface area contributed by atoms with Crippen molar-refractivity contribution in [3.8, 4) is 0 Å². The molecule has 2 atom stereocenters. The fraction of sp³-hybridized carbons (Fsp3) is 0.591. The van der Waals surface area contributed by atoms with Gasteiger partial charge in [-0.1, -0.05) is 6.07 Å². The number of rotatable bonds is 1. The van der Waals surface area contributed by atoms with Crippen LogP contribution in [0.2, 0.25) is 0 Å². The van der Waals surface area contributed by atoms with Gasteiger partial charge in [-0.05, 0) is 42.9 Å². The van der Waals surface area contributed by atoms with Gasteiger partial charge in [0.05, 0.1) is 17.8 Å². The summed E-state index contributed by atoms with van der Waals surface area (Å²) in [6.45, 7) is 3.19. The number of piperidine rings is 2. The highest BCUT2D eigenvalue weighted by molar-refractivity contribution is 5.81. The van der Waals surface area contributed by atoms with Gasteiger partial charge in [-0.3, -0.25) is 9.48 Å². The van der Waals surface area contributed by atoms with Gasteiger partial charge < -0.3 is 14.5 Å². The fourth-order valence-electron chi connectivity index (χ4n) is 5.19. The summed E-state index contributed by atoms with van der Waals surface area (Å²) in [5, 5.41) is 5.51. The van der Waals surface area contributed by atoms with Crippen LogP contribution in [0.4, 0.5) is 4.79 Å². The molecule has 0 spiro atoms. The van der Waals surface area contributed by atoms with E-state index in [9.17, 15) is 9.59 Å². The van der Waals surface area contributed by atoms with E-state index >= 15 is 0 Å². The van der Waals surface area contributed by atoms with Crippen LogP contribution in [-0.4, -0.2) is 70.3 Å². The van der Waals surface area contributed by atoms with Gasteiger partial charge in [-0.25, -0.2) is 4.79 Å². The molecule has 1 aromatic heterocycles. The standard InChI is InChI=1S/C22H28N4O3/c1-24-20-3-2-16(10-17(20)12-23-24)15-4-7-25(8-5-15)22(28)26-9-6-21-18(13-26)11-19(27)14-29-21/h2-3,10,12,15,18,21H,4-9,11,13-14H2,1H3/t18-,21+/m1/s1. The Kier molecular flexibility index (Phi) is 4.78. The van der Waals surface area contributed by atoms with E-state index < -0.39 is 0 Å². The van der Waals surface area contributed by atoms with E-state index in [4.69, 9.17) is 4.74 Å². The molecular formula is C22H28N4O3. The number of carbonyl (C=O) groups is 2. The molecule has 2 aromatic rings. The maximum absolute atomic E-state index is 13.0. The molecule has 3 fully saturated rings. The van der Waals surface area contributed by atoms with E-state index in [2.05, 4.69) is 23.3 Å². The Morgan fingerprint density at radius 2 is 1.93 bits per heavy atom. The second kappa shape index (κ2) is 7.44. The summed E-state index contributed by atoms with van der Waals surface area (Å²) in [6, 6.07) is 6.72. The average Bonchev–Trinajstić information content (AvgIpc) is 3.13. The first kappa shape index (κ1) is 18.6. The number of nitrogens with zero attached hydrogens (tertiary/aromatic N) is 4. The average molecular weight is 396 g/mol. The predicted molar refractivity (Wildman–Crippen MR) is 109 cm³/mol. The number of urea groups is 1. The van der Waals surface area contributed by atoms with Crippen molar-refractivity contribution in [3.05, 3.63) is 30.0 Å². The fourth-order valence-corrected chi connectivity index (χ4v) is 5.19. The molecule has 7 heteroatoms. The zero-order chi connectivity index (χ0) is 20.0. The van der Waals surface area contributed by atoms with Crippen molar-refractivity contribution in [2.45, 2.75) is 37.7 Å². The number of fused-ring (bicyclic) bond motifs is 2. The molecule has 3 aliphatic rings. The first-order valence-electron chi connectivity index (χ1n) is 10.7. The zero-order valence-electron chi connectivity index (χ0n) is 16.9. The first-order chi connectivity index (χ1) is 14.1. The highest BCUT2D eigenvalue weighted by Crippen LogP contribution is 2.32. The molecule has 0 radical (unpaired) electrons. The first-order valence-corrected chi connectivity index (χ1v) is 10.7. The van der Waals surface area contributed by atoms with E-state index in [1.165, 1.54) is 10.9 Å². The van der Waals surface area contributed by atoms with Gasteiger partial charge in [0.2, 0.25) is 0 Å². The summed E-state index contributed by atoms with van der Waals surface area (Å²) in [5.74, 6) is 0.809. The minimum atomic E-state index is 0.127. The van der Waals surface area contributed by atoms with E-state index in [1.54, 1.807) is 0 Å². The molecule has 1 aromatic carbocycles. The Morgan fingerprint density at radius 1 is 1.14 bits per heavy atom. The quantitative estimate of drug-likeness (QED) is 0.743. The van der Waals surface area contributed by atoms with Gasteiger partial charge in [0, 0.05) is 51.0 Å². The van der Waals surface area contributed by atoms with Crippen LogP contribution in [0, 0.1) is 5.92 Å². The lowest BCUT2D eigenvalue weighted by Gasteiger charge is -2.43. The summed E-state index contributed by atoms with van der Waals surface area (Å²) in [5.41, 5.74) is 2.49. The summed E-state index contributed by atoms with van der Waals surface area (Å²) in [4.78, 5) is 28.7. The molecule has 0 unspecified atom stereocenters. The predicted octanol–water partition coefficient (Wildman–Crippen LogP) is 2.55. The lowest BCUT2D eigenvalue weighted by atomic mass is 9.87. The number of aromatic nitrogens is 2. The van der Waals surface area contributed by atoms with Gasteiger partial charge >= 0.3 is 6.03 Å². The third-order valence-corrected chi connectivity index (χ3v) is 6.89. The largest absolute Gasteiger partial charge is 0.370 e. The van der Waals surface area contributed by atoms with Gasteiger partial charge in [0.25, 0.3) is 0 Å². The van der Waals surface area contributed by atoms with Gasteiger partial charge in [-0.15, -0.1) is 0 Å². The number of hydrogen-bond donors (Lipinski definition) is 0. The van der Waals surface area contributed by atoms with Crippen LogP contribution in [-0.2, 0) is 16.6 Å². The van der Waals surface area contributed by atoms with Crippen LogP contribution in [0.5, 0.6) is 0 Å². The van der Waals surface area contributed by atoms with Crippen LogP contribution in [0.15, 0.2) is 24.4 Å². The van der Waals surface area contributed by atoms with Crippen LogP contribution < -0.4 is 0 Å². The number of ketones is 1. The van der Waals surface area contributed by atoms with E-state index in [1.807, 2.05) is 27.7 Å². The number of ether oxygens (including phenoxy) is 1. The zero-order valence-corrected chi connectivity index (χ0v) is 16.9. The Morgan fingerprint density at radius 3 is 2.76 bits per heavy atom. The van der Waals surface area contributed by atoms with Crippen molar-refractivity contribution < 1.29 is 14.3 Å². The molecule has 0 bridgehead atoms. The Labute approximate surface area is 170 Å². The molecule has 0 saturated carbocycles. The van der Waals surface area contributed by atoms with Crippen molar-refractivity contribution in [2.24, 2.45) is 13.0 Å². The topological polar surface area (TPSA) is 67.7 Å². The number of hydrogen-bond acceptors (Lipinski definition) is 4. The summed E-state index contributed by atoms with van der Waals surface area (Å²) >= 11 is 0. The summed E-state index contributed by atoms with van der Waals surface area (Å²) < 4.78 is 7.55. The number of carbonyl (C=O) groups excluding carboxylic acids is 2. The minimum absolute atomic E-state index is 0.127. The minimum Gasteiger partial charge on any atom is -0.370 e. The van der Waals surface area contributed by atoms with Crippen LogP contribution in [0.3, 0.4) is 0 Å². The van der Waals surface area contributed by atoms with E-state index in [0.717, 1.165) is 44.4 Å². The molecule has 2 amide bonds.